The average Bonchev–Trinajstić information content (AvgIpc) is 2.95. The topological polar surface area (TPSA) is 134 Å². The second-order valence-electron chi connectivity index (χ2n) is 11.2. The first-order chi connectivity index (χ1) is 16.1. The molecule has 2 unspecified atom stereocenters. The van der Waals surface area contributed by atoms with Crippen molar-refractivity contribution < 1.29 is 38.9 Å². The fraction of sp³-hybridized carbons (Fsp3) is 0.840. The molecule has 2 atom stereocenters. The molecule has 10 heteroatoms. The molecule has 0 aromatic rings. The molecular weight excluding hydrogens is 456 g/mol. The minimum Gasteiger partial charge on any atom is -0.480 e. The van der Waals surface area contributed by atoms with Crippen LogP contribution in [-0.4, -0.2) is 94.9 Å². The molecule has 1 rings (SSSR count). The first kappa shape index (κ1) is 30.8. The Kier molecular flexibility index (Phi) is 12.1. The summed E-state index contributed by atoms with van der Waals surface area (Å²) in [7, 11) is 0. The maximum atomic E-state index is 12.6. The van der Waals surface area contributed by atoms with Gasteiger partial charge in [0.05, 0.1) is 32.3 Å². The van der Waals surface area contributed by atoms with Crippen LogP contribution in [0.15, 0.2) is 0 Å². The van der Waals surface area contributed by atoms with Gasteiger partial charge in [0.25, 0.3) is 0 Å². The lowest BCUT2D eigenvalue weighted by molar-refractivity contribution is -0.160. The zero-order chi connectivity index (χ0) is 26.8. The largest absolute Gasteiger partial charge is 0.480 e. The predicted octanol–water partition coefficient (Wildman–Crippen LogP) is 2.64. The van der Waals surface area contributed by atoms with Crippen LogP contribution < -0.4 is 0 Å². The Morgan fingerprint density at radius 3 is 1.74 bits per heavy atom. The first-order valence-corrected chi connectivity index (χ1v) is 12.4. The van der Waals surface area contributed by atoms with Crippen LogP contribution >= 0.6 is 0 Å². The van der Waals surface area contributed by atoms with Crippen molar-refractivity contribution in [1.29, 1.82) is 0 Å². The van der Waals surface area contributed by atoms with E-state index in [1.807, 2.05) is 6.92 Å². The Morgan fingerprint density at radius 2 is 1.31 bits per heavy atom. The van der Waals surface area contributed by atoms with Gasteiger partial charge >= 0.3 is 23.9 Å². The molecule has 35 heavy (non-hydrogen) atoms. The van der Waals surface area contributed by atoms with Gasteiger partial charge in [-0.15, -0.1) is 0 Å². The van der Waals surface area contributed by atoms with Gasteiger partial charge in [0.2, 0.25) is 0 Å². The number of esters is 2. The quantitative estimate of drug-likeness (QED) is 0.305. The van der Waals surface area contributed by atoms with Gasteiger partial charge in [0.1, 0.15) is 5.60 Å². The van der Waals surface area contributed by atoms with Gasteiger partial charge in [0, 0.05) is 13.1 Å². The van der Waals surface area contributed by atoms with E-state index in [4.69, 9.17) is 9.47 Å². The minimum absolute atomic E-state index is 0.0760. The molecule has 1 aliphatic carbocycles. The Hall–Kier alpha value is -2.20. The molecule has 0 amide bonds. The molecule has 0 spiro atoms. The van der Waals surface area contributed by atoms with Gasteiger partial charge in [-0.2, -0.15) is 0 Å². The van der Waals surface area contributed by atoms with Crippen molar-refractivity contribution in [2.45, 2.75) is 85.4 Å². The number of hydrogen-bond donors (Lipinski definition) is 2. The molecule has 2 N–H and O–H groups in total. The van der Waals surface area contributed by atoms with Crippen LogP contribution in [0.2, 0.25) is 0 Å². The molecule has 1 saturated carbocycles. The van der Waals surface area contributed by atoms with E-state index in [1.165, 1.54) is 9.80 Å². The number of nitrogens with zero attached hydrogens (tertiary/aromatic N) is 2. The lowest BCUT2D eigenvalue weighted by Gasteiger charge is -2.29. The summed E-state index contributed by atoms with van der Waals surface area (Å²) in [4.78, 5) is 50.3. The van der Waals surface area contributed by atoms with Crippen molar-refractivity contribution in [3.63, 3.8) is 0 Å². The summed E-state index contributed by atoms with van der Waals surface area (Å²) >= 11 is 0. The monoisotopic (exact) mass is 500 g/mol. The van der Waals surface area contributed by atoms with E-state index >= 15 is 0 Å². The molecule has 10 nitrogen and oxygen atoms in total. The molecule has 1 fully saturated rings. The van der Waals surface area contributed by atoms with E-state index in [1.54, 1.807) is 6.92 Å². The average molecular weight is 501 g/mol. The second kappa shape index (κ2) is 13.8. The van der Waals surface area contributed by atoms with E-state index in [0.29, 0.717) is 12.3 Å². The number of carboxylic acid groups (broad SMARTS) is 2. The number of ether oxygens (including phenoxy) is 2. The highest BCUT2D eigenvalue weighted by Gasteiger charge is 2.42. The van der Waals surface area contributed by atoms with Gasteiger partial charge in [-0.3, -0.25) is 29.0 Å². The van der Waals surface area contributed by atoms with E-state index in [-0.39, 0.29) is 37.7 Å². The molecule has 0 aromatic carbocycles. The smallest absolute Gasteiger partial charge is 0.320 e. The van der Waals surface area contributed by atoms with Gasteiger partial charge in [-0.05, 0) is 57.3 Å². The van der Waals surface area contributed by atoms with E-state index in [2.05, 4.69) is 27.7 Å². The van der Waals surface area contributed by atoms with Crippen LogP contribution in [-0.2, 0) is 28.7 Å². The van der Waals surface area contributed by atoms with Gasteiger partial charge in [-0.1, -0.05) is 27.7 Å². The lowest BCUT2D eigenvalue weighted by atomic mass is 9.90. The summed E-state index contributed by atoms with van der Waals surface area (Å²) in [5, 5.41) is 18.5. The van der Waals surface area contributed by atoms with Crippen molar-refractivity contribution in [3.8, 4) is 0 Å². The van der Waals surface area contributed by atoms with Crippen LogP contribution in [0.3, 0.4) is 0 Å². The molecule has 202 valence electrons. The zero-order valence-electron chi connectivity index (χ0n) is 22.2. The molecule has 0 aliphatic heterocycles. The predicted molar refractivity (Wildman–Crippen MR) is 130 cm³/mol. The minimum atomic E-state index is -1.12. The van der Waals surface area contributed by atoms with Crippen molar-refractivity contribution in [2.75, 3.05) is 39.3 Å². The number of aliphatic carboxylic acids is 2. The van der Waals surface area contributed by atoms with Crippen LogP contribution in [0, 0.1) is 11.3 Å². The Labute approximate surface area is 208 Å². The normalized spacial score (nSPS) is 20.3. The Bertz CT molecular complexity index is 739. The summed E-state index contributed by atoms with van der Waals surface area (Å²) in [5.74, 6) is -2.81. The fourth-order valence-corrected chi connectivity index (χ4v) is 4.53. The molecule has 0 aromatic heterocycles. The van der Waals surface area contributed by atoms with Crippen molar-refractivity contribution in [3.05, 3.63) is 0 Å². The summed E-state index contributed by atoms with van der Waals surface area (Å²) in [6, 6.07) is 0. The van der Waals surface area contributed by atoms with Crippen molar-refractivity contribution >= 4 is 23.9 Å². The molecular formula is C25H44N2O8. The first-order valence-electron chi connectivity index (χ1n) is 12.4. The van der Waals surface area contributed by atoms with Gasteiger partial charge < -0.3 is 19.7 Å². The van der Waals surface area contributed by atoms with Crippen LogP contribution in [0.5, 0.6) is 0 Å². The summed E-state index contributed by atoms with van der Waals surface area (Å²) < 4.78 is 11.1. The number of carbonyl (C=O) groups excluding carboxylic acids is 2. The highest BCUT2D eigenvalue weighted by molar-refractivity contribution is 5.75. The molecule has 0 radical (unpaired) electrons. The molecule has 0 heterocycles. The van der Waals surface area contributed by atoms with Gasteiger partial charge in [-0.25, -0.2) is 0 Å². The van der Waals surface area contributed by atoms with Crippen molar-refractivity contribution in [1.82, 2.24) is 9.80 Å². The lowest BCUT2D eigenvalue weighted by Crippen LogP contribution is -2.45. The Morgan fingerprint density at radius 1 is 0.800 bits per heavy atom. The highest BCUT2D eigenvalue weighted by atomic mass is 16.6. The van der Waals surface area contributed by atoms with Crippen LogP contribution in [0.1, 0.15) is 73.6 Å². The van der Waals surface area contributed by atoms with E-state index in [0.717, 1.165) is 25.7 Å². The third-order valence-electron chi connectivity index (χ3n) is 6.18. The van der Waals surface area contributed by atoms with Gasteiger partial charge in [0.15, 0.2) is 0 Å². The maximum Gasteiger partial charge on any atom is 0.320 e. The number of carbonyl (C=O) groups is 4. The SMILES string of the molecule is CC(C)CCC(C)OC(=O)CN(CCN(CC(=O)O)CC(=O)OC1(C)CCC(C)(C)C1)CC(=O)O. The summed E-state index contributed by atoms with van der Waals surface area (Å²) in [6.07, 6.45) is 3.75. The van der Waals surface area contributed by atoms with E-state index in [9.17, 15) is 29.4 Å². The Balaban J connectivity index is 2.68. The standard InChI is InChI=1S/C25H44N2O8/c1-18(2)7-8-19(3)34-22(32)15-26(13-20(28)29)11-12-27(14-21(30)31)16-23(33)35-25(6)10-9-24(4,5)17-25/h18-19H,7-17H2,1-6H3,(H,28,29)(H,30,31). The number of hydrogen-bond acceptors (Lipinski definition) is 8. The summed E-state index contributed by atoms with van der Waals surface area (Å²) in [5.41, 5.74) is -0.505. The highest BCUT2D eigenvalue weighted by Crippen LogP contribution is 2.45. The number of rotatable bonds is 16. The maximum absolute atomic E-state index is 12.6. The third kappa shape index (κ3) is 13.5. The molecule has 1 aliphatic rings. The van der Waals surface area contributed by atoms with Crippen LogP contribution in [0.25, 0.3) is 0 Å². The van der Waals surface area contributed by atoms with Crippen LogP contribution in [0.4, 0.5) is 0 Å². The number of carboxylic acids is 2. The molecule has 0 bridgehead atoms. The third-order valence-corrected chi connectivity index (χ3v) is 6.18. The van der Waals surface area contributed by atoms with Crippen molar-refractivity contribution in [2.24, 2.45) is 11.3 Å². The zero-order valence-corrected chi connectivity index (χ0v) is 22.2. The second-order valence-corrected chi connectivity index (χ2v) is 11.2. The fourth-order valence-electron chi connectivity index (χ4n) is 4.53. The summed E-state index contributed by atoms with van der Waals surface area (Å²) in [6.45, 7) is 11.0. The van der Waals surface area contributed by atoms with E-state index < -0.39 is 42.6 Å². The molecule has 0 saturated heterocycles.